The van der Waals surface area contributed by atoms with Gasteiger partial charge in [-0.15, -0.1) is 11.3 Å². The zero-order valence-electron chi connectivity index (χ0n) is 8.39. The zero-order valence-corrected chi connectivity index (χ0v) is 9.20. The largest absolute Gasteiger partial charge is 0.309 e. The number of hydrogen-bond acceptors (Lipinski definition) is 4. The molecule has 0 atom stereocenters. The van der Waals surface area contributed by atoms with Gasteiger partial charge in [0.1, 0.15) is 5.82 Å². The molecule has 0 bridgehead atoms. The fourth-order valence-corrected chi connectivity index (χ4v) is 2.00. The van der Waals surface area contributed by atoms with Gasteiger partial charge in [-0.2, -0.15) is 0 Å². The maximum Gasteiger partial charge on any atom is 0.141 e. The number of hydrogen-bond donors (Lipinski definition) is 1. The zero-order chi connectivity index (χ0) is 10.3. The Hall–Kier alpha value is -1.26. The van der Waals surface area contributed by atoms with Gasteiger partial charge in [0, 0.05) is 23.8 Å². The van der Waals surface area contributed by atoms with Gasteiger partial charge >= 0.3 is 0 Å². The average Bonchev–Trinajstić information content (AvgIpc) is 2.79. The Labute approximate surface area is 93.2 Å². The minimum Gasteiger partial charge on any atom is -0.309 e. The van der Waals surface area contributed by atoms with Gasteiger partial charge in [0.05, 0.1) is 6.54 Å². The highest BCUT2D eigenvalue weighted by molar-refractivity contribution is 7.09. The number of nitrogens with one attached hydrogen (secondary N) is 1. The Kier molecular flexibility index (Phi) is 3.82. The molecule has 2 heterocycles. The van der Waals surface area contributed by atoms with E-state index in [0.717, 1.165) is 25.3 Å². The van der Waals surface area contributed by atoms with E-state index < -0.39 is 0 Å². The lowest BCUT2D eigenvalue weighted by molar-refractivity contribution is 0.662. The van der Waals surface area contributed by atoms with Crippen LogP contribution < -0.4 is 5.32 Å². The predicted molar refractivity (Wildman–Crippen MR) is 61.8 cm³/mol. The average molecular weight is 219 g/mol. The first-order valence-electron chi connectivity index (χ1n) is 4.94. The van der Waals surface area contributed by atoms with Gasteiger partial charge in [-0.25, -0.2) is 9.97 Å². The minimum absolute atomic E-state index is 0.742. The lowest BCUT2D eigenvalue weighted by atomic mass is 10.3. The van der Waals surface area contributed by atoms with Crippen LogP contribution >= 0.6 is 11.3 Å². The lowest BCUT2D eigenvalue weighted by Crippen LogP contribution is -2.17. The Morgan fingerprint density at radius 2 is 2.07 bits per heavy atom. The molecule has 0 aromatic carbocycles. The summed E-state index contributed by atoms with van der Waals surface area (Å²) in [5.41, 5.74) is 0. The van der Waals surface area contributed by atoms with Crippen LogP contribution in [-0.4, -0.2) is 16.5 Å². The van der Waals surface area contributed by atoms with Gasteiger partial charge in [-0.1, -0.05) is 6.07 Å². The van der Waals surface area contributed by atoms with Gasteiger partial charge in [-0.3, -0.25) is 0 Å². The Bertz CT molecular complexity index is 372. The van der Waals surface area contributed by atoms with Crippen molar-refractivity contribution >= 4 is 11.3 Å². The first-order chi connectivity index (χ1) is 7.45. The van der Waals surface area contributed by atoms with Crippen molar-refractivity contribution < 1.29 is 0 Å². The summed E-state index contributed by atoms with van der Waals surface area (Å²) in [5.74, 6) is 0.851. The number of nitrogens with zero attached hydrogens (tertiary/aromatic N) is 2. The standard InChI is InChI=1S/C11H13N3S/c1-3-10(15-8-1)4-7-12-9-11-13-5-2-6-14-11/h1-3,5-6,8,12H,4,7,9H2. The number of aromatic nitrogens is 2. The van der Waals surface area contributed by atoms with Crippen molar-refractivity contribution in [2.24, 2.45) is 0 Å². The molecule has 2 rings (SSSR count). The molecule has 78 valence electrons. The Balaban J connectivity index is 1.68. The second-order valence-corrected chi connectivity index (χ2v) is 4.20. The predicted octanol–water partition coefficient (Wildman–Crippen LogP) is 1.87. The molecule has 1 N–H and O–H groups in total. The SMILES string of the molecule is c1cnc(CNCCc2cccs2)nc1. The molecule has 0 fully saturated rings. The van der Waals surface area contributed by atoms with Crippen LogP contribution in [0.5, 0.6) is 0 Å². The quantitative estimate of drug-likeness (QED) is 0.780. The van der Waals surface area contributed by atoms with E-state index in [9.17, 15) is 0 Å². The van der Waals surface area contributed by atoms with Crippen molar-refractivity contribution in [1.29, 1.82) is 0 Å². The second kappa shape index (κ2) is 5.58. The van der Waals surface area contributed by atoms with Crippen molar-refractivity contribution in [2.45, 2.75) is 13.0 Å². The summed E-state index contributed by atoms with van der Waals surface area (Å²) < 4.78 is 0. The molecule has 15 heavy (non-hydrogen) atoms. The minimum atomic E-state index is 0.742. The van der Waals surface area contributed by atoms with Gasteiger partial charge in [0.15, 0.2) is 0 Å². The lowest BCUT2D eigenvalue weighted by Gasteiger charge is -2.01. The molecular formula is C11H13N3S. The molecule has 0 spiro atoms. The van der Waals surface area contributed by atoms with Crippen molar-refractivity contribution in [2.75, 3.05) is 6.54 Å². The highest BCUT2D eigenvalue weighted by Crippen LogP contribution is 2.07. The molecule has 2 aromatic rings. The van der Waals surface area contributed by atoms with Crippen LogP contribution in [0, 0.1) is 0 Å². The highest BCUT2D eigenvalue weighted by Gasteiger charge is 1.95. The molecule has 0 saturated heterocycles. The van der Waals surface area contributed by atoms with Crippen LogP contribution in [0.25, 0.3) is 0 Å². The van der Waals surface area contributed by atoms with Crippen LogP contribution in [0.3, 0.4) is 0 Å². The van der Waals surface area contributed by atoms with E-state index in [0.29, 0.717) is 0 Å². The molecule has 0 aliphatic carbocycles. The summed E-state index contributed by atoms with van der Waals surface area (Å²) in [6, 6.07) is 6.07. The van der Waals surface area contributed by atoms with E-state index in [1.54, 1.807) is 23.7 Å². The van der Waals surface area contributed by atoms with Crippen LogP contribution in [0.15, 0.2) is 36.0 Å². The summed E-state index contributed by atoms with van der Waals surface area (Å²) in [4.78, 5) is 9.70. The summed E-state index contributed by atoms with van der Waals surface area (Å²) in [5, 5.41) is 5.43. The van der Waals surface area contributed by atoms with Gasteiger partial charge in [0.25, 0.3) is 0 Å². The fraction of sp³-hybridized carbons (Fsp3) is 0.273. The normalized spacial score (nSPS) is 10.4. The first-order valence-corrected chi connectivity index (χ1v) is 5.82. The molecule has 0 radical (unpaired) electrons. The van der Waals surface area contributed by atoms with Crippen LogP contribution in [0.4, 0.5) is 0 Å². The van der Waals surface area contributed by atoms with E-state index in [-0.39, 0.29) is 0 Å². The number of rotatable bonds is 5. The van der Waals surface area contributed by atoms with Crippen molar-refractivity contribution in [3.05, 3.63) is 46.7 Å². The van der Waals surface area contributed by atoms with E-state index in [1.807, 2.05) is 6.07 Å². The maximum absolute atomic E-state index is 4.14. The van der Waals surface area contributed by atoms with E-state index in [4.69, 9.17) is 0 Å². The maximum atomic E-state index is 4.14. The second-order valence-electron chi connectivity index (χ2n) is 3.17. The molecule has 4 heteroatoms. The van der Waals surface area contributed by atoms with Crippen LogP contribution in [-0.2, 0) is 13.0 Å². The van der Waals surface area contributed by atoms with Crippen LogP contribution in [0.2, 0.25) is 0 Å². The summed E-state index contributed by atoms with van der Waals surface area (Å²) in [6.07, 6.45) is 4.61. The Morgan fingerprint density at radius 1 is 1.20 bits per heavy atom. The topological polar surface area (TPSA) is 37.8 Å². The van der Waals surface area contributed by atoms with Crippen LogP contribution in [0.1, 0.15) is 10.7 Å². The summed E-state index contributed by atoms with van der Waals surface area (Å²) in [6.45, 7) is 1.71. The molecule has 2 aromatic heterocycles. The molecule has 0 aliphatic rings. The third-order valence-corrected chi connectivity index (χ3v) is 2.97. The van der Waals surface area contributed by atoms with Gasteiger partial charge in [0.2, 0.25) is 0 Å². The third-order valence-electron chi connectivity index (χ3n) is 2.03. The van der Waals surface area contributed by atoms with E-state index >= 15 is 0 Å². The van der Waals surface area contributed by atoms with E-state index in [1.165, 1.54) is 4.88 Å². The van der Waals surface area contributed by atoms with Crippen molar-refractivity contribution in [3.63, 3.8) is 0 Å². The molecule has 0 unspecified atom stereocenters. The monoisotopic (exact) mass is 219 g/mol. The van der Waals surface area contributed by atoms with E-state index in [2.05, 4.69) is 32.8 Å². The van der Waals surface area contributed by atoms with Gasteiger partial charge < -0.3 is 5.32 Å². The highest BCUT2D eigenvalue weighted by atomic mass is 32.1. The third kappa shape index (κ3) is 3.42. The summed E-state index contributed by atoms with van der Waals surface area (Å²) >= 11 is 1.80. The van der Waals surface area contributed by atoms with Crippen molar-refractivity contribution in [3.8, 4) is 0 Å². The Morgan fingerprint density at radius 3 is 2.80 bits per heavy atom. The van der Waals surface area contributed by atoms with Crippen molar-refractivity contribution in [1.82, 2.24) is 15.3 Å². The molecule has 0 saturated carbocycles. The van der Waals surface area contributed by atoms with Gasteiger partial charge in [-0.05, 0) is 23.9 Å². The molecule has 0 aliphatic heterocycles. The molecular weight excluding hydrogens is 206 g/mol. The fourth-order valence-electron chi connectivity index (χ4n) is 1.29. The summed E-state index contributed by atoms with van der Waals surface area (Å²) in [7, 11) is 0. The smallest absolute Gasteiger partial charge is 0.141 e. The molecule has 0 amide bonds. The first kappa shape index (κ1) is 10.3. The molecule has 3 nitrogen and oxygen atoms in total. The number of thiophene rings is 1.